The fourth-order valence-corrected chi connectivity index (χ4v) is 4.36. The summed E-state index contributed by atoms with van der Waals surface area (Å²) in [6.07, 6.45) is 4.81. The Morgan fingerprint density at radius 1 is 0.968 bits per heavy atom. The van der Waals surface area contributed by atoms with Gasteiger partial charge in [0.15, 0.2) is 17.3 Å². The molecule has 7 nitrogen and oxygen atoms in total. The van der Waals surface area contributed by atoms with Gasteiger partial charge in [-0.3, -0.25) is 4.90 Å². The van der Waals surface area contributed by atoms with Crippen molar-refractivity contribution in [2.24, 2.45) is 0 Å². The molecular weight excluding hydrogens is 425 g/mol. The molecule has 2 aromatic carbocycles. The number of rotatable bonds is 4. The third kappa shape index (κ3) is 4.44. The van der Waals surface area contributed by atoms with E-state index in [9.17, 15) is 13.0 Å². The maximum Gasteiger partial charge on any atom is 1.00 e. The van der Waals surface area contributed by atoms with Crippen molar-refractivity contribution < 1.29 is 47.3 Å². The fourth-order valence-electron chi connectivity index (χ4n) is 3.46. The third-order valence-corrected chi connectivity index (χ3v) is 5.65. The fraction of sp³-hybridized carbons (Fsp3) is 0.0909. The van der Waals surface area contributed by atoms with Gasteiger partial charge in [-0.15, -0.1) is 0 Å². The Bertz CT molecular complexity index is 1230. The van der Waals surface area contributed by atoms with Crippen LogP contribution in [0.15, 0.2) is 83.7 Å². The molecule has 0 fully saturated rings. The number of aromatic nitrogens is 2. The van der Waals surface area contributed by atoms with Gasteiger partial charge < -0.3 is 9.29 Å². The third-order valence-electron chi connectivity index (χ3n) is 4.69. The van der Waals surface area contributed by atoms with Crippen molar-refractivity contribution in [3.8, 4) is 11.5 Å². The van der Waals surface area contributed by atoms with Gasteiger partial charge in [-0.25, -0.2) is 18.4 Å². The Kier molecular flexibility index (Phi) is 6.98. The molecule has 1 aliphatic rings. The van der Waals surface area contributed by atoms with E-state index in [4.69, 9.17) is 4.74 Å². The van der Waals surface area contributed by atoms with E-state index in [0.29, 0.717) is 34.3 Å². The molecule has 2 heterocycles. The predicted molar refractivity (Wildman–Crippen MR) is 113 cm³/mol. The van der Waals surface area contributed by atoms with Crippen LogP contribution in [0.4, 0.5) is 11.4 Å². The van der Waals surface area contributed by atoms with Gasteiger partial charge in [-0.2, -0.15) is 0 Å². The van der Waals surface area contributed by atoms with E-state index < -0.39 is 15.1 Å². The number of hydrogen-bond donors (Lipinski definition) is 0. The van der Waals surface area contributed by atoms with Gasteiger partial charge in [0.1, 0.15) is 15.1 Å². The minimum absolute atomic E-state index is 0. The van der Waals surface area contributed by atoms with Gasteiger partial charge in [-0.05, 0) is 49.8 Å². The molecule has 1 aromatic heterocycles. The molecule has 0 aliphatic carbocycles. The van der Waals surface area contributed by atoms with E-state index in [0.717, 1.165) is 0 Å². The number of ether oxygens (including phenoxy) is 1. The van der Waals surface area contributed by atoms with Crippen molar-refractivity contribution in [3.05, 3.63) is 89.5 Å². The molecular formula is C22H18N3NaO4S. The number of benzene rings is 2. The molecule has 9 heteroatoms. The minimum Gasteiger partial charge on any atom is -0.743 e. The number of nitrogens with zero attached hydrogens (tertiary/aromatic N) is 3. The van der Waals surface area contributed by atoms with Crippen LogP contribution in [-0.2, 0) is 10.1 Å². The molecule has 0 N–H and O–H groups in total. The van der Waals surface area contributed by atoms with Gasteiger partial charge in [0, 0.05) is 18.0 Å². The Balaban J connectivity index is 0.00000272. The molecule has 0 amide bonds. The molecule has 31 heavy (non-hydrogen) atoms. The molecule has 4 rings (SSSR count). The monoisotopic (exact) mass is 443 g/mol. The van der Waals surface area contributed by atoms with Gasteiger partial charge in [0.25, 0.3) is 0 Å². The second-order valence-electron chi connectivity index (χ2n) is 6.53. The summed E-state index contributed by atoms with van der Waals surface area (Å²) >= 11 is 0. The molecule has 0 bridgehead atoms. The first-order valence-corrected chi connectivity index (χ1v) is 10.6. The molecule has 152 valence electrons. The van der Waals surface area contributed by atoms with Gasteiger partial charge >= 0.3 is 29.6 Å². The Morgan fingerprint density at radius 3 is 1.97 bits per heavy atom. The zero-order valence-electron chi connectivity index (χ0n) is 17.3. The molecule has 0 spiro atoms. The molecule has 1 aliphatic heterocycles. The quantitative estimate of drug-likeness (QED) is 0.343. The molecule has 0 radical (unpaired) electrons. The van der Waals surface area contributed by atoms with E-state index >= 15 is 0 Å². The van der Waals surface area contributed by atoms with Crippen LogP contribution in [0.25, 0.3) is 5.57 Å². The SMILES string of the molecule is CC=C(C(C)=C(N1c2ccccc2Oc2ccccc21)S(=O)(=O)[O-])c1ncccn1.[Na+]. The summed E-state index contributed by atoms with van der Waals surface area (Å²) in [5.41, 5.74) is 1.60. The van der Waals surface area contributed by atoms with Crippen LogP contribution >= 0.6 is 0 Å². The Hall–Kier alpha value is -2.49. The van der Waals surface area contributed by atoms with E-state index in [-0.39, 0.29) is 35.1 Å². The van der Waals surface area contributed by atoms with Crippen LogP contribution < -0.4 is 39.2 Å². The summed E-state index contributed by atoms with van der Waals surface area (Å²) < 4.78 is 43.7. The standard InChI is InChI=1S/C22H19N3O4S.Na/c1-3-16(21-23-13-8-14-24-21)15(2)22(30(26,27)28)25-17-9-4-6-11-19(17)29-20-12-7-5-10-18(20)25;/h3-14H,1-2H3,(H,26,27,28);/q;+1/p-1. The van der Waals surface area contributed by atoms with E-state index in [2.05, 4.69) is 9.97 Å². The van der Waals surface area contributed by atoms with Crippen molar-refractivity contribution in [1.82, 2.24) is 9.97 Å². The van der Waals surface area contributed by atoms with Gasteiger partial charge in [-0.1, -0.05) is 30.3 Å². The van der Waals surface area contributed by atoms with Crippen LogP contribution in [0.3, 0.4) is 0 Å². The van der Waals surface area contributed by atoms with Crippen molar-refractivity contribution in [1.29, 1.82) is 0 Å². The second-order valence-corrected chi connectivity index (χ2v) is 7.83. The van der Waals surface area contributed by atoms with Crippen molar-refractivity contribution in [2.75, 3.05) is 4.90 Å². The maximum atomic E-state index is 12.6. The summed E-state index contributed by atoms with van der Waals surface area (Å²) in [4.78, 5) is 9.86. The number of para-hydroxylation sites is 4. The number of allylic oxidation sites excluding steroid dienone is 3. The largest absolute Gasteiger partial charge is 1.00 e. The van der Waals surface area contributed by atoms with Crippen LogP contribution in [-0.4, -0.2) is 22.9 Å². The number of fused-ring (bicyclic) bond motifs is 2. The molecule has 0 unspecified atom stereocenters. The first kappa shape index (κ1) is 23.2. The van der Waals surface area contributed by atoms with Gasteiger partial charge in [0.05, 0.1) is 11.4 Å². The van der Waals surface area contributed by atoms with Crippen LogP contribution in [0.5, 0.6) is 11.5 Å². The van der Waals surface area contributed by atoms with Crippen LogP contribution in [0, 0.1) is 0 Å². The average molecular weight is 443 g/mol. The van der Waals surface area contributed by atoms with E-state index in [1.54, 1.807) is 86.9 Å². The van der Waals surface area contributed by atoms with Crippen molar-refractivity contribution in [2.45, 2.75) is 13.8 Å². The topological polar surface area (TPSA) is 95.5 Å². The van der Waals surface area contributed by atoms with Gasteiger partial charge in [0.2, 0.25) is 0 Å². The summed E-state index contributed by atoms with van der Waals surface area (Å²) in [6, 6.07) is 15.6. The number of hydrogen-bond acceptors (Lipinski definition) is 7. The first-order valence-electron chi connectivity index (χ1n) is 9.18. The zero-order valence-corrected chi connectivity index (χ0v) is 20.1. The first-order chi connectivity index (χ1) is 14.4. The summed E-state index contributed by atoms with van der Waals surface area (Å²) in [6.45, 7) is 3.32. The summed E-state index contributed by atoms with van der Waals surface area (Å²) in [7, 11) is -4.91. The predicted octanol–water partition coefficient (Wildman–Crippen LogP) is 1.60. The smallest absolute Gasteiger partial charge is 0.743 e. The molecule has 0 saturated carbocycles. The second kappa shape index (κ2) is 9.33. The molecule has 0 saturated heterocycles. The average Bonchev–Trinajstić information content (AvgIpc) is 2.74. The van der Waals surface area contributed by atoms with Crippen LogP contribution in [0.2, 0.25) is 0 Å². The Labute approximate surface area is 203 Å². The van der Waals surface area contributed by atoms with E-state index in [1.165, 1.54) is 4.90 Å². The van der Waals surface area contributed by atoms with E-state index in [1.807, 2.05) is 0 Å². The minimum atomic E-state index is -4.91. The molecule has 0 atom stereocenters. The maximum absolute atomic E-state index is 12.6. The van der Waals surface area contributed by atoms with Crippen molar-refractivity contribution in [3.63, 3.8) is 0 Å². The zero-order chi connectivity index (χ0) is 21.3. The molecule has 3 aromatic rings. The van der Waals surface area contributed by atoms with Crippen molar-refractivity contribution >= 4 is 27.1 Å². The summed E-state index contributed by atoms with van der Waals surface area (Å²) in [5, 5.41) is -0.397. The van der Waals surface area contributed by atoms with Crippen LogP contribution in [0.1, 0.15) is 19.7 Å². The Morgan fingerprint density at radius 2 is 1.48 bits per heavy atom. The number of anilines is 2. The summed E-state index contributed by atoms with van der Waals surface area (Å²) in [5.74, 6) is 1.22. The normalized spacial score (nSPS) is 13.9.